The monoisotopic (exact) mass is 969 g/mol. The molecule has 0 radical (unpaired) electrons. The Morgan fingerprint density at radius 2 is 0.851 bits per heavy atom. The van der Waals surface area contributed by atoms with Gasteiger partial charge in [0.2, 0.25) is 0 Å². The third-order valence-electron chi connectivity index (χ3n) is 17.0. The van der Waals surface area contributed by atoms with Crippen LogP contribution in [0.4, 0.5) is 17.1 Å². The predicted molar refractivity (Wildman–Crippen MR) is 316 cm³/mol. The molecule has 2 heteroatoms. The highest BCUT2D eigenvalue weighted by molar-refractivity contribution is 7.25. The predicted octanol–water partition coefficient (Wildman–Crippen LogP) is 20.1. The minimum Gasteiger partial charge on any atom is -0.309 e. The first-order valence-electron chi connectivity index (χ1n) is 26.4. The van der Waals surface area contributed by atoms with Crippen LogP contribution >= 0.6 is 11.3 Å². The number of hydrogen-bond donors (Lipinski definition) is 0. The molecule has 0 amide bonds. The molecule has 358 valence electrons. The van der Waals surface area contributed by atoms with E-state index in [1.54, 1.807) is 0 Å². The lowest BCUT2D eigenvalue weighted by Gasteiger charge is -2.34. The van der Waals surface area contributed by atoms with E-state index in [4.69, 9.17) is 0 Å². The Morgan fingerprint density at radius 1 is 0.351 bits per heavy atom. The summed E-state index contributed by atoms with van der Waals surface area (Å²) in [6.07, 6.45) is 0. The molecule has 1 aromatic heterocycles. The molecule has 0 unspecified atom stereocenters. The van der Waals surface area contributed by atoms with Crippen LogP contribution < -0.4 is 4.90 Å². The molecule has 0 N–H and O–H groups in total. The largest absolute Gasteiger partial charge is 0.309 e. The summed E-state index contributed by atoms with van der Waals surface area (Å²) in [4.78, 5) is 2.59. The van der Waals surface area contributed by atoms with Crippen molar-refractivity contribution in [3.63, 3.8) is 0 Å². The van der Waals surface area contributed by atoms with E-state index in [0.29, 0.717) is 0 Å². The van der Waals surface area contributed by atoms with E-state index < -0.39 is 5.41 Å². The maximum Gasteiger partial charge on any atom is 0.0726 e. The Balaban J connectivity index is 1.07. The van der Waals surface area contributed by atoms with Gasteiger partial charge < -0.3 is 4.90 Å². The molecule has 0 atom stereocenters. The van der Waals surface area contributed by atoms with Gasteiger partial charge in [-0.1, -0.05) is 231 Å². The van der Waals surface area contributed by atoms with Crippen LogP contribution in [-0.2, 0) is 21.7 Å². The van der Waals surface area contributed by atoms with E-state index in [2.05, 4.69) is 273 Å². The van der Waals surface area contributed by atoms with Crippen molar-refractivity contribution in [1.29, 1.82) is 0 Å². The molecule has 14 rings (SSSR count). The van der Waals surface area contributed by atoms with Crippen molar-refractivity contribution in [3.05, 3.63) is 257 Å². The smallest absolute Gasteiger partial charge is 0.0726 e. The number of rotatable bonds is 5. The van der Waals surface area contributed by atoms with E-state index in [0.717, 1.165) is 17.1 Å². The molecule has 1 heterocycles. The van der Waals surface area contributed by atoms with Gasteiger partial charge in [-0.2, -0.15) is 0 Å². The van der Waals surface area contributed by atoms with Gasteiger partial charge in [-0.15, -0.1) is 11.3 Å². The average molecular weight is 970 g/mol. The standard InChI is InChI=1S/C72H59NS/c1-69(2,3)45-33-37-50-51-38-34-46(70(4,5)6)42-62(51)72(61(50)41-45)59-27-15-9-21-49(59)52-39-35-47(43-63(52)72)73(64-29-16-11-20-48(64)44-32-36-55-54-23-13-18-31-66(54)74-67(55)40-44)65-30-17-12-22-53(65)56-25-19-28-60-68(56)57-24-10-14-26-58(57)71(60,7)8/h9-43H,1-8H3. The Kier molecular flexibility index (Phi) is 9.62. The van der Waals surface area contributed by atoms with Crippen molar-refractivity contribution >= 4 is 48.6 Å². The summed E-state index contributed by atoms with van der Waals surface area (Å²) in [7, 11) is 0. The zero-order valence-corrected chi connectivity index (χ0v) is 44.4. The number of nitrogens with zero attached hydrogens (tertiary/aromatic N) is 1. The molecule has 11 aromatic rings. The lowest BCUT2D eigenvalue weighted by atomic mass is 9.68. The van der Waals surface area contributed by atoms with Gasteiger partial charge in [-0.25, -0.2) is 0 Å². The Bertz CT molecular complexity index is 4080. The van der Waals surface area contributed by atoms with Crippen LogP contribution in [0.2, 0.25) is 0 Å². The summed E-state index contributed by atoms with van der Waals surface area (Å²) in [6.45, 7) is 18.9. The number of anilines is 3. The quantitative estimate of drug-likeness (QED) is 0.166. The SMILES string of the molecule is CC(C)(C)c1ccc2c(c1)C1(c3ccccc3-c3ccc(N(c4ccccc4-c4ccc5c(c4)sc4ccccc45)c4ccccc4-c4cccc5c4-c4ccccc4C5(C)C)cc31)c1cc(C(C)(C)C)ccc1-2. The van der Waals surface area contributed by atoms with Crippen molar-refractivity contribution in [1.82, 2.24) is 0 Å². The minimum atomic E-state index is -0.554. The molecular weight excluding hydrogens is 911 g/mol. The molecule has 0 saturated heterocycles. The van der Waals surface area contributed by atoms with Gasteiger partial charge >= 0.3 is 0 Å². The number of hydrogen-bond acceptors (Lipinski definition) is 2. The van der Waals surface area contributed by atoms with E-state index in [-0.39, 0.29) is 16.2 Å². The molecule has 0 aliphatic heterocycles. The molecule has 0 bridgehead atoms. The van der Waals surface area contributed by atoms with E-state index in [1.165, 1.54) is 120 Å². The van der Waals surface area contributed by atoms with Gasteiger partial charge in [0, 0.05) is 42.4 Å². The van der Waals surface area contributed by atoms with Crippen LogP contribution in [0.15, 0.2) is 212 Å². The zero-order valence-electron chi connectivity index (χ0n) is 43.6. The highest BCUT2D eigenvalue weighted by Crippen LogP contribution is 2.65. The second kappa shape index (κ2) is 15.9. The van der Waals surface area contributed by atoms with Crippen molar-refractivity contribution in [2.75, 3.05) is 4.90 Å². The lowest BCUT2D eigenvalue weighted by molar-refractivity contribution is 0.586. The average Bonchev–Trinajstić information content (AvgIpc) is 4.14. The minimum absolute atomic E-state index is 0.0409. The van der Waals surface area contributed by atoms with Gasteiger partial charge in [0.1, 0.15) is 0 Å². The van der Waals surface area contributed by atoms with Crippen LogP contribution in [-0.4, -0.2) is 0 Å². The lowest BCUT2D eigenvalue weighted by Crippen LogP contribution is -2.27. The van der Waals surface area contributed by atoms with Crippen molar-refractivity contribution in [2.45, 2.75) is 77.0 Å². The van der Waals surface area contributed by atoms with Gasteiger partial charge in [0.05, 0.1) is 16.8 Å². The van der Waals surface area contributed by atoms with E-state index >= 15 is 0 Å². The third-order valence-corrected chi connectivity index (χ3v) is 18.2. The third kappa shape index (κ3) is 6.34. The number of para-hydroxylation sites is 2. The van der Waals surface area contributed by atoms with Crippen molar-refractivity contribution in [3.8, 4) is 55.6 Å². The van der Waals surface area contributed by atoms with E-state index in [9.17, 15) is 0 Å². The molecule has 0 saturated carbocycles. The summed E-state index contributed by atoms with van der Waals surface area (Å²) < 4.78 is 2.61. The fourth-order valence-corrected chi connectivity index (χ4v) is 14.5. The Hall–Kier alpha value is -7.78. The van der Waals surface area contributed by atoms with Gasteiger partial charge in [-0.3, -0.25) is 0 Å². The summed E-state index contributed by atoms with van der Waals surface area (Å²) in [5.41, 5.74) is 26.2. The first kappa shape index (κ1) is 44.9. The first-order chi connectivity index (χ1) is 35.7. The second-order valence-electron chi connectivity index (χ2n) is 23.6. The molecule has 74 heavy (non-hydrogen) atoms. The topological polar surface area (TPSA) is 3.24 Å². The van der Waals surface area contributed by atoms with Crippen LogP contribution in [0.3, 0.4) is 0 Å². The van der Waals surface area contributed by atoms with Crippen molar-refractivity contribution in [2.24, 2.45) is 0 Å². The Morgan fingerprint density at radius 3 is 1.54 bits per heavy atom. The molecule has 3 aliphatic carbocycles. The van der Waals surface area contributed by atoms with Crippen LogP contribution in [0.5, 0.6) is 0 Å². The summed E-state index contributed by atoms with van der Waals surface area (Å²) in [5, 5.41) is 2.62. The summed E-state index contributed by atoms with van der Waals surface area (Å²) in [5.74, 6) is 0. The fourth-order valence-electron chi connectivity index (χ4n) is 13.3. The molecular formula is C72H59NS. The van der Waals surface area contributed by atoms with Crippen molar-refractivity contribution < 1.29 is 0 Å². The number of thiophene rings is 1. The summed E-state index contributed by atoms with van der Waals surface area (Å²) in [6, 6.07) is 81.7. The van der Waals surface area contributed by atoms with Gasteiger partial charge in [0.15, 0.2) is 0 Å². The fraction of sp³-hybridized carbons (Fsp3) is 0.167. The number of benzene rings is 10. The molecule has 1 nitrogen and oxygen atoms in total. The maximum atomic E-state index is 2.59. The molecule has 10 aromatic carbocycles. The van der Waals surface area contributed by atoms with Gasteiger partial charge in [0.25, 0.3) is 0 Å². The normalized spacial score (nSPS) is 14.4. The molecule has 0 fully saturated rings. The number of fused-ring (bicyclic) bond motifs is 16. The molecule has 1 spiro atoms. The highest BCUT2D eigenvalue weighted by Gasteiger charge is 2.52. The van der Waals surface area contributed by atoms with E-state index in [1.807, 2.05) is 11.3 Å². The first-order valence-corrected chi connectivity index (χ1v) is 27.2. The highest BCUT2D eigenvalue weighted by atomic mass is 32.1. The van der Waals surface area contributed by atoms with Crippen LogP contribution in [0, 0.1) is 0 Å². The zero-order chi connectivity index (χ0) is 50.5. The second-order valence-corrected chi connectivity index (χ2v) is 24.7. The molecule has 3 aliphatic rings. The maximum absolute atomic E-state index is 2.59. The van der Waals surface area contributed by atoms with Crippen LogP contribution in [0.1, 0.15) is 99.9 Å². The Labute approximate surface area is 440 Å². The van der Waals surface area contributed by atoms with Crippen LogP contribution in [0.25, 0.3) is 75.8 Å². The van der Waals surface area contributed by atoms with Gasteiger partial charge in [-0.05, 0) is 136 Å². The summed E-state index contributed by atoms with van der Waals surface area (Å²) >= 11 is 1.88.